The van der Waals surface area contributed by atoms with Crippen molar-refractivity contribution >= 4 is 9.84 Å². The van der Waals surface area contributed by atoms with Gasteiger partial charge >= 0.3 is 6.18 Å². The zero-order valence-corrected chi connectivity index (χ0v) is 12.5. The second-order valence-electron chi connectivity index (χ2n) is 4.77. The van der Waals surface area contributed by atoms with Crippen LogP contribution in [0.5, 0.6) is 0 Å². The van der Waals surface area contributed by atoms with Crippen molar-refractivity contribution in [3.8, 4) is 6.07 Å². The Morgan fingerprint density at radius 1 is 1.32 bits per heavy atom. The molecule has 0 heterocycles. The summed E-state index contributed by atoms with van der Waals surface area (Å²) in [6, 6.07) is 7.11. The Kier molecular flexibility index (Phi) is 5.93. The number of nitriles is 1. The van der Waals surface area contributed by atoms with Gasteiger partial charge in [0.1, 0.15) is 0 Å². The van der Waals surface area contributed by atoms with Gasteiger partial charge in [-0.1, -0.05) is 0 Å². The van der Waals surface area contributed by atoms with Gasteiger partial charge in [-0.25, -0.2) is 8.42 Å². The van der Waals surface area contributed by atoms with Gasteiger partial charge in [0.15, 0.2) is 15.9 Å². The summed E-state index contributed by atoms with van der Waals surface area (Å²) in [7, 11) is -2.37. The quantitative estimate of drug-likeness (QED) is 0.844. The van der Waals surface area contributed by atoms with Crippen LogP contribution in [0.2, 0.25) is 0 Å². The van der Waals surface area contributed by atoms with E-state index < -0.39 is 28.7 Å². The second kappa shape index (κ2) is 7.09. The number of benzene rings is 1. The van der Waals surface area contributed by atoms with Gasteiger partial charge < -0.3 is 10.0 Å². The first-order valence-corrected chi connectivity index (χ1v) is 7.88. The molecule has 0 saturated heterocycles. The van der Waals surface area contributed by atoms with Crippen LogP contribution in [0.1, 0.15) is 5.56 Å². The van der Waals surface area contributed by atoms with Crippen molar-refractivity contribution in [2.24, 2.45) is 0 Å². The van der Waals surface area contributed by atoms with E-state index in [4.69, 9.17) is 10.4 Å². The molecule has 22 heavy (non-hydrogen) atoms. The summed E-state index contributed by atoms with van der Waals surface area (Å²) in [5, 5.41) is 17.5. The van der Waals surface area contributed by atoms with Crippen molar-refractivity contribution in [2.75, 3.05) is 25.9 Å². The van der Waals surface area contributed by atoms with Crippen LogP contribution in [0.4, 0.5) is 13.2 Å². The molecule has 0 fully saturated rings. The number of nitrogens with zero attached hydrogens (tertiary/aromatic N) is 2. The van der Waals surface area contributed by atoms with E-state index in [0.717, 1.165) is 4.90 Å². The predicted molar refractivity (Wildman–Crippen MR) is 72.8 cm³/mol. The zero-order valence-electron chi connectivity index (χ0n) is 11.7. The van der Waals surface area contributed by atoms with Crippen LogP contribution >= 0.6 is 0 Å². The molecule has 0 aliphatic carbocycles. The molecule has 0 aliphatic heterocycles. The molecular formula is C13H15F3N2O3S. The maximum absolute atomic E-state index is 12.2. The second-order valence-corrected chi connectivity index (χ2v) is 6.88. The summed E-state index contributed by atoms with van der Waals surface area (Å²) >= 11 is 0. The highest BCUT2D eigenvalue weighted by Gasteiger charge is 2.38. The van der Waals surface area contributed by atoms with Crippen molar-refractivity contribution < 1.29 is 26.7 Å². The number of sulfone groups is 1. The SMILES string of the molecule is CN(CCS(=O)(=O)c1ccc(C#N)cc1)CC(O)C(F)(F)F. The van der Waals surface area contributed by atoms with E-state index in [1.54, 1.807) is 0 Å². The number of likely N-dealkylation sites (N-methyl/N-ethyl adjacent to an activating group) is 1. The molecule has 1 unspecified atom stereocenters. The van der Waals surface area contributed by atoms with Crippen LogP contribution in [0.25, 0.3) is 0 Å². The van der Waals surface area contributed by atoms with E-state index in [0.29, 0.717) is 5.56 Å². The lowest BCUT2D eigenvalue weighted by atomic mass is 10.2. The number of hydrogen-bond donors (Lipinski definition) is 1. The third-order valence-corrected chi connectivity index (χ3v) is 4.66. The average molecular weight is 336 g/mol. The van der Waals surface area contributed by atoms with E-state index in [1.165, 1.54) is 31.3 Å². The van der Waals surface area contributed by atoms with E-state index in [2.05, 4.69) is 0 Å². The minimum Gasteiger partial charge on any atom is -0.382 e. The van der Waals surface area contributed by atoms with Crippen molar-refractivity contribution in [3.05, 3.63) is 29.8 Å². The third-order valence-electron chi connectivity index (χ3n) is 2.95. The highest BCUT2D eigenvalue weighted by atomic mass is 32.2. The first-order valence-electron chi connectivity index (χ1n) is 6.22. The van der Waals surface area contributed by atoms with Crippen LogP contribution in [0.3, 0.4) is 0 Å². The van der Waals surface area contributed by atoms with Gasteiger partial charge in [-0.2, -0.15) is 18.4 Å². The van der Waals surface area contributed by atoms with Gasteiger partial charge in [0.2, 0.25) is 0 Å². The molecule has 0 amide bonds. The van der Waals surface area contributed by atoms with Gasteiger partial charge in [0.25, 0.3) is 0 Å². The average Bonchev–Trinajstić information content (AvgIpc) is 2.44. The van der Waals surface area contributed by atoms with Gasteiger partial charge in [0, 0.05) is 13.1 Å². The first-order chi connectivity index (χ1) is 10.1. The Morgan fingerprint density at radius 2 is 1.86 bits per heavy atom. The fraction of sp³-hybridized carbons (Fsp3) is 0.462. The zero-order chi connectivity index (χ0) is 17.0. The molecular weight excluding hydrogens is 321 g/mol. The maximum Gasteiger partial charge on any atom is 0.415 e. The molecule has 1 aromatic carbocycles. The third kappa shape index (κ3) is 5.29. The standard InChI is InChI=1S/C13H15F3N2O3S/c1-18(9-12(19)13(14,15)16)6-7-22(20,21)11-4-2-10(8-17)3-5-11/h2-5,12,19H,6-7,9H2,1H3. The summed E-state index contributed by atoms with van der Waals surface area (Å²) in [6.07, 6.45) is -7.25. The molecule has 0 saturated carbocycles. The number of halogens is 3. The van der Waals surface area contributed by atoms with Gasteiger partial charge in [-0.05, 0) is 31.3 Å². The molecule has 1 rings (SSSR count). The van der Waals surface area contributed by atoms with E-state index in [-0.39, 0.29) is 17.2 Å². The highest BCUT2D eigenvalue weighted by Crippen LogP contribution is 2.20. The lowest BCUT2D eigenvalue weighted by molar-refractivity contribution is -0.207. The Hall–Kier alpha value is -1.63. The smallest absolute Gasteiger partial charge is 0.382 e. The van der Waals surface area contributed by atoms with Gasteiger partial charge in [0.05, 0.1) is 22.3 Å². The molecule has 122 valence electrons. The van der Waals surface area contributed by atoms with Gasteiger partial charge in [-0.15, -0.1) is 0 Å². The molecule has 1 atom stereocenters. The van der Waals surface area contributed by atoms with Crippen LogP contribution in [0, 0.1) is 11.3 Å². The minimum absolute atomic E-state index is 0.00345. The van der Waals surface area contributed by atoms with Crippen LogP contribution in [-0.4, -0.2) is 56.6 Å². The molecule has 5 nitrogen and oxygen atoms in total. The predicted octanol–water partition coefficient (Wildman–Crippen LogP) is 1.19. The van der Waals surface area contributed by atoms with Crippen molar-refractivity contribution in [2.45, 2.75) is 17.2 Å². The van der Waals surface area contributed by atoms with E-state index in [9.17, 15) is 21.6 Å². The Bertz CT molecular complexity index is 636. The molecule has 0 radical (unpaired) electrons. The van der Waals surface area contributed by atoms with Gasteiger partial charge in [-0.3, -0.25) is 0 Å². The number of rotatable bonds is 6. The summed E-state index contributed by atoms with van der Waals surface area (Å²) in [5.74, 6) is -0.389. The summed E-state index contributed by atoms with van der Waals surface area (Å²) in [5.41, 5.74) is 0.310. The highest BCUT2D eigenvalue weighted by molar-refractivity contribution is 7.91. The van der Waals surface area contributed by atoms with Crippen LogP contribution in [-0.2, 0) is 9.84 Å². The largest absolute Gasteiger partial charge is 0.415 e. The summed E-state index contributed by atoms with van der Waals surface area (Å²) in [4.78, 5) is 1.09. The van der Waals surface area contributed by atoms with E-state index in [1.807, 2.05) is 6.07 Å². The van der Waals surface area contributed by atoms with Crippen LogP contribution in [0.15, 0.2) is 29.2 Å². The van der Waals surface area contributed by atoms with Crippen LogP contribution < -0.4 is 0 Å². The molecule has 1 N–H and O–H groups in total. The molecule has 0 bridgehead atoms. The molecule has 9 heteroatoms. The number of hydrogen-bond acceptors (Lipinski definition) is 5. The van der Waals surface area contributed by atoms with Crippen molar-refractivity contribution in [1.82, 2.24) is 4.90 Å². The summed E-state index contributed by atoms with van der Waals surface area (Å²) in [6.45, 7) is -0.859. The molecule has 1 aromatic rings. The number of alkyl halides is 3. The summed E-state index contributed by atoms with van der Waals surface area (Å²) < 4.78 is 60.6. The molecule has 0 aliphatic rings. The Balaban J connectivity index is 2.64. The lowest BCUT2D eigenvalue weighted by Gasteiger charge is -2.22. The molecule has 0 aromatic heterocycles. The van der Waals surface area contributed by atoms with Crippen molar-refractivity contribution in [1.29, 1.82) is 5.26 Å². The number of aliphatic hydroxyl groups excluding tert-OH is 1. The Morgan fingerprint density at radius 3 is 2.32 bits per heavy atom. The van der Waals surface area contributed by atoms with E-state index >= 15 is 0 Å². The topological polar surface area (TPSA) is 81.4 Å². The number of aliphatic hydroxyl groups is 1. The lowest BCUT2D eigenvalue weighted by Crippen LogP contribution is -2.40. The minimum atomic E-state index is -4.74. The molecule has 0 spiro atoms. The fourth-order valence-corrected chi connectivity index (χ4v) is 2.96. The maximum atomic E-state index is 12.2. The first kappa shape index (κ1) is 18.4. The normalized spacial score (nSPS) is 13.9. The van der Waals surface area contributed by atoms with Crippen molar-refractivity contribution in [3.63, 3.8) is 0 Å². The fourth-order valence-electron chi connectivity index (χ4n) is 1.62. The monoisotopic (exact) mass is 336 g/mol. The Labute approximate surface area is 126 Å².